The molecule has 0 radical (unpaired) electrons. The van der Waals surface area contributed by atoms with Gasteiger partial charge in [0, 0.05) is 87.5 Å². The highest BCUT2D eigenvalue weighted by Crippen LogP contribution is 2.41. The van der Waals surface area contributed by atoms with Crippen molar-refractivity contribution in [3.8, 4) is 28.1 Å². The van der Waals surface area contributed by atoms with Crippen molar-refractivity contribution in [3.63, 3.8) is 0 Å². The third kappa shape index (κ3) is 9.96. The molecular formula is C48H63N7O9. The molecule has 3 atom stereocenters. The Hall–Kier alpha value is -5.39. The molecular weight excluding hydrogens is 819 g/mol. The van der Waals surface area contributed by atoms with E-state index in [1.54, 1.807) is 32.5 Å². The van der Waals surface area contributed by atoms with Crippen LogP contribution in [0.25, 0.3) is 33.3 Å². The summed E-state index contributed by atoms with van der Waals surface area (Å²) in [5, 5.41) is 28.2. The summed E-state index contributed by atoms with van der Waals surface area (Å²) in [7, 11) is 3.25. The summed E-state index contributed by atoms with van der Waals surface area (Å²) in [5.41, 5.74) is 6.76. The van der Waals surface area contributed by atoms with Crippen LogP contribution in [0.15, 0.2) is 54.9 Å². The number of amides is 3. The summed E-state index contributed by atoms with van der Waals surface area (Å²) in [6, 6.07) is 11.1. The smallest absolute Gasteiger partial charge is 0.355 e. The maximum Gasteiger partial charge on any atom is 0.355 e. The average molecular weight is 882 g/mol. The molecule has 344 valence electrons. The first-order valence-electron chi connectivity index (χ1n) is 22.3. The zero-order chi connectivity index (χ0) is 45.9. The van der Waals surface area contributed by atoms with Crippen molar-refractivity contribution < 1.29 is 43.6 Å². The highest BCUT2D eigenvalue weighted by atomic mass is 16.6. The second-order valence-electron chi connectivity index (χ2n) is 18.5. The number of aromatic nitrogens is 2. The average Bonchev–Trinajstić information content (AvgIpc) is 3.56. The number of ether oxygens (including phenoxy) is 3. The summed E-state index contributed by atoms with van der Waals surface area (Å²) in [6.45, 7) is 13.2. The molecule has 3 amide bonds. The van der Waals surface area contributed by atoms with E-state index >= 15 is 0 Å². The highest BCUT2D eigenvalue weighted by molar-refractivity contribution is 5.96. The number of likely N-dealkylation sites (N-methyl/N-ethyl adjacent to an activating group) is 1. The Balaban J connectivity index is 1.32. The van der Waals surface area contributed by atoms with Gasteiger partial charge in [0.25, 0.3) is 5.91 Å². The second-order valence-corrected chi connectivity index (χ2v) is 18.5. The molecule has 6 bridgehead atoms. The van der Waals surface area contributed by atoms with Gasteiger partial charge in [-0.05, 0) is 83.8 Å². The summed E-state index contributed by atoms with van der Waals surface area (Å²) >= 11 is 0. The molecule has 0 aliphatic carbocycles. The van der Waals surface area contributed by atoms with Crippen LogP contribution in [0.4, 0.5) is 0 Å². The number of hydrogen-bond acceptors (Lipinski definition) is 12. The van der Waals surface area contributed by atoms with Crippen molar-refractivity contribution in [1.29, 1.82) is 0 Å². The largest absolute Gasteiger partial charge is 0.508 e. The summed E-state index contributed by atoms with van der Waals surface area (Å²) < 4.78 is 19.3. The number of phenols is 1. The van der Waals surface area contributed by atoms with Crippen LogP contribution >= 0.6 is 0 Å². The lowest BCUT2D eigenvalue weighted by atomic mass is 9.84. The van der Waals surface area contributed by atoms with Crippen LogP contribution in [-0.2, 0) is 59.4 Å². The number of morpholine rings is 1. The number of fused-ring (bicyclic) bond motifs is 6. The molecule has 64 heavy (non-hydrogen) atoms. The van der Waals surface area contributed by atoms with Crippen LogP contribution in [0.1, 0.15) is 64.2 Å². The Morgan fingerprint density at radius 3 is 2.56 bits per heavy atom. The van der Waals surface area contributed by atoms with Crippen molar-refractivity contribution in [3.05, 3.63) is 71.5 Å². The van der Waals surface area contributed by atoms with Gasteiger partial charge in [0.15, 0.2) is 0 Å². The van der Waals surface area contributed by atoms with Crippen LogP contribution in [-0.4, -0.2) is 136 Å². The van der Waals surface area contributed by atoms with Crippen molar-refractivity contribution in [2.75, 3.05) is 60.2 Å². The molecule has 7 rings (SSSR count). The Kier molecular flexibility index (Phi) is 14.1. The van der Waals surface area contributed by atoms with E-state index in [0.717, 1.165) is 43.9 Å². The fourth-order valence-electron chi connectivity index (χ4n) is 9.37. The van der Waals surface area contributed by atoms with Crippen molar-refractivity contribution in [1.82, 2.24) is 35.1 Å². The fourth-order valence-corrected chi connectivity index (χ4v) is 9.37. The van der Waals surface area contributed by atoms with Crippen molar-refractivity contribution >= 4 is 34.6 Å². The van der Waals surface area contributed by atoms with E-state index in [1.807, 2.05) is 57.0 Å². The number of aliphatic hydroxyl groups is 1. The Morgan fingerprint density at radius 2 is 1.84 bits per heavy atom. The second kappa shape index (κ2) is 19.4. The van der Waals surface area contributed by atoms with Crippen LogP contribution in [0.5, 0.6) is 5.75 Å². The third-order valence-corrected chi connectivity index (χ3v) is 12.6. The summed E-state index contributed by atoms with van der Waals surface area (Å²) in [5.74, 6) is -2.69. The van der Waals surface area contributed by atoms with Gasteiger partial charge in [-0.2, -0.15) is 5.43 Å². The minimum Gasteiger partial charge on any atom is -0.508 e. The Morgan fingerprint density at radius 1 is 1.08 bits per heavy atom. The lowest BCUT2D eigenvalue weighted by Crippen LogP contribution is -2.67. The molecule has 5 heterocycles. The minimum absolute atomic E-state index is 0.0192. The normalized spacial score (nSPS) is 21.3. The molecule has 2 aromatic heterocycles. The number of esters is 1. The number of nitrogens with zero attached hydrogens (tertiary/aromatic N) is 5. The maximum atomic E-state index is 14.7. The van der Waals surface area contributed by atoms with Gasteiger partial charge >= 0.3 is 5.97 Å². The third-order valence-electron chi connectivity index (χ3n) is 12.6. The lowest BCUT2D eigenvalue weighted by Gasteiger charge is -2.40. The predicted molar refractivity (Wildman–Crippen MR) is 240 cm³/mol. The van der Waals surface area contributed by atoms with E-state index in [-0.39, 0.29) is 56.5 Å². The number of cyclic esters (lactones) is 1. The minimum atomic E-state index is -2.24. The molecule has 16 nitrogen and oxygen atoms in total. The number of rotatable bonds is 10. The van der Waals surface area contributed by atoms with Gasteiger partial charge in [0.05, 0.1) is 38.7 Å². The Labute approximate surface area is 374 Å². The van der Waals surface area contributed by atoms with Gasteiger partial charge in [-0.3, -0.25) is 29.3 Å². The van der Waals surface area contributed by atoms with Gasteiger partial charge < -0.3 is 39.2 Å². The first-order valence-corrected chi connectivity index (χ1v) is 22.3. The van der Waals surface area contributed by atoms with E-state index in [1.165, 1.54) is 4.90 Å². The first kappa shape index (κ1) is 46.6. The number of carbonyl (C=O) groups is 4. The van der Waals surface area contributed by atoms with E-state index in [4.69, 9.17) is 14.2 Å². The number of carbonyl (C=O) groups excluding carboxylic acids is 4. The van der Waals surface area contributed by atoms with E-state index in [0.29, 0.717) is 57.0 Å². The summed E-state index contributed by atoms with van der Waals surface area (Å²) in [4.78, 5) is 64.5. The fraction of sp³-hybridized carbons (Fsp3) is 0.521. The van der Waals surface area contributed by atoms with Crippen LogP contribution < -0.4 is 10.7 Å². The van der Waals surface area contributed by atoms with Crippen LogP contribution in [0.3, 0.4) is 0 Å². The van der Waals surface area contributed by atoms with Gasteiger partial charge in [-0.1, -0.05) is 39.8 Å². The molecule has 0 saturated carbocycles. The molecule has 2 aromatic carbocycles. The van der Waals surface area contributed by atoms with Crippen LogP contribution in [0, 0.1) is 11.3 Å². The molecule has 4 aromatic rings. The zero-order valence-electron chi connectivity index (χ0n) is 38.1. The highest BCUT2D eigenvalue weighted by Gasteiger charge is 2.45. The van der Waals surface area contributed by atoms with E-state index < -0.39 is 41.0 Å². The number of benzene rings is 2. The molecule has 16 heteroatoms. The maximum absolute atomic E-state index is 14.7. The number of aromatic hydroxyl groups is 1. The van der Waals surface area contributed by atoms with E-state index in [9.17, 15) is 29.4 Å². The number of methoxy groups -OCH3 is 1. The van der Waals surface area contributed by atoms with Crippen LogP contribution in [0.2, 0.25) is 0 Å². The lowest BCUT2D eigenvalue weighted by molar-refractivity contribution is -0.189. The predicted octanol–water partition coefficient (Wildman–Crippen LogP) is 4.03. The first-order chi connectivity index (χ1) is 30.5. The van der Waals surface area contributed by atoms with Gasteiger partial charge in [0.1, 0.15) is 17.8 Å². The molecule has 4 N–H and O–H groups in total. The SMILES string of the molecule is CCn1c(-c2cnccc2COC)c2c3cc(ccc31)-c1cc(O)cc(c1)C[C@H](NC(=O)[C@H](C(C)C)N(C)C(=O)CN1CCOCC1)C(=O)N1CCC[C@@](O)(N1)C(=O)OCC(C)(C)C2. The molecule has 3 aliphatic rings. The topological polar surface area (TPSA) is 188 Å². The molecule has 2 saturated heterocycles. The van der Waals surface area contributed by atoms with Crippen molar-refractivity contribution in [2.24, 2.45) is 11.3 Å². The molecule has 0 unspecified atom stereocenters. The standard InChI is InChI=1S/C48H63N7O9/c1-8-54-40-11-10-32-24-36(40)37(43(54)38-26-49-14-12-33(38)28-62-7)25-47(4,5)29-64-46(60)48(61)13-9-15-55(51-48)45(59)39(22-31-20-34(32)23-35(56)21-31)50-44(58)42(30(2)3)52(6)41(57)27-53-16-18-63-19-17-53/h10-12,14,20-21,23-24,26,30,39,42,51,56,61H,8-9,13,15-19,22,25,27-29H2,1-7H3,(H,50,58)/t39-,42-,48-/m0/s1. The number of hydrogen-bond donors (Lipinski definition) is 4. The van der Waals surface area contributed by atoms with Gasteiger partial charge in [-0.15, -0.1) is 0 Å². The number of hydrazine groups is 1. The molecule has 2 fully saturated rings. The van der Waals surface area contributed by atoms with Crippen molar-refractivity contribution in [2.45, 2.75) is 91.3 Å². The van der Waals surface area contributed by atoms with Gasteiger partial charge in [-0.25, -0.2) is 4.79 Å². The molecule has 0 spiro atoms. The quantitative estimate of drug-likeness (QED) is 0.168. The number of pyridine rings is 1. The molecule has 3 aliphatic heterocycles. The number of nitrogens with one attached hydrogen (secondary N) is 2. The Bertz CT molecular complexity index is 2370. The summed E-state index contributed by atoms with van der Waals surface area (Å²) in [6.07, 6.45) is 4.24. The number of phenolic OH excluding ortho intramolecular Hbond substituents is 1. The number of aryl methyl sites for hydroxylation is 1. The zero-order valence-corrected chi connectivity index (χ0v) is 38.1. The van der Waals surface area contributed by atoms with E-state index in [2.05, 4.69) is 39.4 Å². The monoisotopic (exact) mass is 881 g/mol. The van der Waals surface area contributed by atoms with Gasteiger partial charge in [0.2, 0.25) is 17.5 Å².